The lowest BCUT2D eigenvalue weighted by Crippen LogP contribution is -2.59. The number of carbonyl (C=O) groups is 1. The predicted molar refractivity (Wildman–Crippen MR) is 88.3 cm³/mol. The molecule has 1 unspecified atom stereocenters. The molecule has 1 heterocycles. The molecule has 1 saturated heterocycles. The Morgan fingerprint density at radius 3 is 2.48 bits per heavy atom. The van der Waals surface area contributed by atoms with Crippen LogP contribution in [0.3, 0.4) is 0 Å². The number of piperidine rings is 1. The Labute approximate surface area is 137 Å². The van der Waals surface area contributed by atoms with E-state index in [4.69, 9.17) is 5.73 Å². The Bertz CT molecular complexity index is 692. The summed E-state index contributed by atoms with van der Waals surface area (Å²) in [5, 5.41) is -0.558. The van der Waals surface area contributed by atoms with Gasteiger partial charge in [0.2, 0.25) is 15.9 Å². The standard InChI is InChI=1S/C16H23N3O3S/c1-18-23(21,22)14-7-4-8-19(11-14)15(20)16(17)9-12-5-2-3-6-13(12)10-16/h2-3,5-6,14,18H,4,7-11,17H2,1H3. The van der Waals surface area contributed by atoms with E-state index >= 15 is 0 Å². The summed E-state index contributed by atoms with van der Waals surface area (Å²) in [6.07, 6.45) is 2.29. The van der Waals surface area contributed by atoms with Crippen LogP contribution in [0, 0.1) is 0 Å². The summed E-state index contributed by atoms with van der Waals surface area (Å²) in [4.78, 5) is 14.6. The summed E-state index contributed by atoms with van der Waals surface area (Å²) >= 11 is 0. The number of nitrogens with one attached hydrogen (secondary N) is 1. The van der Waals surface area contributed by atoms with Gasteiger partial charge in [-0.15, -0.1) is 0 Å². The molecule has 1 aliphatic heterocycles. The highest BCUT2D eigenvalue weighted by atomic mass is 32.2. The molecule has 0 saturated carbocycles. The highest BCUT2D eigenvalue weighted by Gasteiger charge is 2.44. The third-order valence-corrected chi connectivity index (χ3v) is 6.78. The van der Waals surface area contributed by atoms with E-state index < -0.39 is 20.8 Å². The van der Waals surface area contributed by atoms with E-state index in [1.165, 1.54) is 7.05 Å². The number of likely N-dealkylation sites (tertiary alicyclic amines) is 1. The quantitative estimate of drug-likeness (QED) is 0.813. The monoisotopic (exact) mass is 337 g/mol. The Balaban J connectivity index is 1.76. The fraction of sp³-hybridized carbons (Fsp3) is 0.562. The summed E-state index contributed by atoms with van der Waals surface area (Å²) in [7, 11) is -1.96. The third kappa shape index (κ3) is 3.00. The van der Waals surface area contributed by atoms with Crippen LogP contribution in [0.15, 0.2) is 24.3 Å². The van der Waals surface area contributed by atoms with Crippen LogP contribution in [0.2, 0.25) is 0 Å². The summed E-state index contributed by atoms with van der Waals surface area (Å²) in [5.41, 5.74) is 7.69. The van der Waals surface area contributed by atoms with Crippen LogP contribution in [-0.4, -0.2) is 50.2 Å². The molecule has 126 valence electrons. The normalized spacial score (nSPS) is 23.6. The first kappa shape index (κ1) is 16.4. The Hall–Kier alpha value is -1.44. The van der Waals surface area contributed by atoms with Crippen molar-refractivity contribution in [2.75, 3.05) is 20.1 Å². The maximum atomic E-state index is 12.9. The van der Waals surface area contributed by atoms with E-state index in [-0.39, 0.29) is 12.5 Å². The summed E-state index contributed by atoms with van der Waals surface area (Å²) in [5.74, 6) is -0.135. The second-order valence-corrected chi connectivity index (χ2v) is 8.71. The van der Waals surface area contributed by atoms with Gasteiger partial charge >= 0.3 is 0 Å². The van der Waals surface area contributed by atoms with Crippen molar-refractivity contribution in [2.45, 2.75) is 36.5 Å². The molecule has 0 spiro atoms. The number of hydrogen-bond donors (Lipinski definition) is 2. The van der Waals surface area contributed by atoms with Crippen LogP contribution in [0.5, 0.6) is 0 Å². The smallest absolute Gasteiger partial charge is 0.243 e. The van der Waals surface area contributed by atoms with Gasteiger partial charge in [0.15, 0.2) is 0 Å². The van der Waals surface area contributed by atoms with Crippen molar-refractivity contribution in [2.24, 2.45) is 5.73 Å². The summed E-state index contributed by atoms with van der Waals surface area (Å²) in [6.45, 7) is 0.793. The molecule has 23 heavy (non-hydrogen) atoms. The van der Waals surface area contributed by atoms with Crippen molar-refractivity contribution in [3.8, 4) is 0 Å². The van der Waals surface area contributed by atoms with E-state index in [0.29, 0.717) is 32.2 Å². The maximum Gasteiger partial charge on any atom is 0.243 e. The van der Waals surface area contributed by atoms with E-state index in [0.717, 1.165) is 11.1 Å². The minimum absolute atomic E-state index is 0.135. The van der Waals surface area contributed by atoms with E-state index in [1.54, 1.807) is 4.90 Å². The lowest BCUT2D eigenvalue weighted by molar-refractivity contribution is -0.137. The molecule has 0 radical (unpaired) electrons. The number of fused-ring (bicyclic) bond motifs is 1. The van der Waals surface area contributed by atoms with Crippen molar-refractivity contribution in [1.82, 2.24) is 9.62 Å². The second kappa shape index (κ2) is 5.89. The van der Waals surface area contributed by atoms with Gasteiger partial charge in [-0.2, -0.15) is 0 Å². The fourth-order valence-electron chi connectivity index (χ4n) is 3.65. The second-order valence-electron chi connectivity index (χ2n) is 6.54. The van der Waals surface area contributed by atoms with Crippen LogP contribution in [0.25, 0.3) is 0 Å². The van der Waals surface area contributed by atoms with Crippen LogP contribution >= 0.6 is 0 Å². The van der Waals surface area contributed by atoms with Gasteiger partial charge in [-0.3, -0.25) is 4.79 Å². The molecule has 3 rings (SSSR count). The summed E-state index contributed by atoms with van der Waals surface area (Å²) < 4.78 is 26.4. The number of hydrogen-bond acceptors (Lipinski definition) is 4. The van der Waals surface area contributed by atoms with Gasteiger partial charge in [0, 0.05) is 13.1 Å². The van der Waals surface area contributed by atoms with Crippen molar-refractivity contribution in [1.29, 1.82) is 0 Å². The first-order valence-electron chi connectivity index (χ1n) is 7.93. The lowest BCUT2D eigenvalue weighted by atomic mass is 9.94. The van der Waals surface area contributed by atoms with Crippen LogP contribution < -0.4 is 10.5 Å². The number of amides is 1. The Morgan fingerprint density at radius 2 is 1.91 bits per heavy atom. The van der Waals surface area contributed by atoms with Crippen LogP contribution in [0.1, 0.15) is 24.0 Å². The van der Waals surface area contributed by atoms with Gasteiger partial charge in [0.1, 0.15) is 5.54 Å². The molecule has 1 aromatic rings. The van der Waals surface area contributed by atoms with Crippen LogP contribution in [0.4, 0.5) is 0 Å². The SMILES string of the molecule is CNS(=O)(=O)C1CCCN(C(=O)C2(N)Cc3ccccc3C2)C1. The predicted octanol–water partition coefficient (Wildman–Crippen LogP) is 0.0229. The first-order valence-corrected chi connectivity index (χ1v) is 9.48. The molecule has 7 heteroatoms. The van der Waals surface area contributed by atoms with Crippen molar-refractivity contribution in [3.63, 3.8) is 0 Å². The molecule has 1 aromatic carbocycles. The van der Waals surface area contributed by atoms with E-state index in [9.17, 15) is 13.2 Å². The molecule has 6 nitrogen and oxygen atoms in total. The van der Waals surface area contributed by atoms with Gasteiger partial charge < -0.3 is 10.6 Å². The Morgan fingerprint density at radius 1 is 1.30 bits per heavy atom. The minimum Gasteiger partial charge on any atom is -0.340 e. The zero-order valence-electron chi connectivity index (χ0n) is 13.3. The topological polar surface area (TPSA) is 92.5 Å². The van der Waals surface area contributed by atoms with Crippen molar-refractivity contribution < 1.29 is 13.2 Å². The van der Waals surface area contributed by atoms with Gasteiger partial charge in [-0.25, -0.2) is 13.1 Å². The number of rotatable bonds is 3. The zero-order chi connectivity index (χ0) is 16.7. The zero-order valence-corrected chi connectivity index (χ0v) is 14.1. The molecule has 1 amide bonds. The number of sulfonamides is 1. The number of benzene rings is 1. The molecule has 0 aromatic heterocycles. The minimum atomic E-state index is -3.37. The van der Waals surface area contributed by atoms with E-state index in [2.05, 4.69) is 4.72 Å². The van der Waals surface area contributed by atoms with E-state index in [1.807, 2.05) is 24.3 Å². The van der Waals surface area contributed by atoms with Crippen molar-refractivity contribution in [3.05, 3.63) is 35.4 Å². The van der Waals surface area contributed by atoms with Gasteiger partial charge in [0.05, 0.1) is 5.25 Å². The van der Waals surface area contributed by atoms with Crippen molar-refractivity contribution >= 4 is 15.9 Å². The molecule has 3 N–H and O–H groups in total. The van der Waals surface area contributed by atoms with Gasteiger partial charge in [-0.1, -0.05) is 24.3 Å². The maximum absolute atomic E-state index is 12.9. The largest absolute Gasteiger partial charge is 0.340 e. The third-order valence-electron chi connectivity index (χ3n) is 4.94. The van der Waals surface area contributed by atoms with Gasteiger partial charge in [-0.05, 0) is 43.9 Å². The number of nitrogens with two attached hydrogens (primary N) is 1. The average molecular weight is 337 g/mol. The molecule has 1 aliphatic carbocycles. The Kier molecular flexibility index (Phi) is 4.20. The van der Waals surface area contributed by atoms with Crippen LogP contribution in [-0.2, 0) is 27.7 Å². The molecular formula is C16H23N3O3S. The molecular weight excluding hydrogens is 314 g/mol. The highest BCUT2D eigenvalue weighted by molar-refractivity contribution is 7.90. The number of nitrogens with zero attached hydrogens (tertiary/aromatic N) is 1. The highest BCUT2D eigenvalue weighted by Crippen LogP contribution is 2.31. The molecule has 1 fully saturated rings. The molecule has 2 aliphatic rings. The molecule has 1 atom stereocenters. The fourth-order valence-corrected chi connectivity index (χ4v) is 4.84. The number of carbonyl (C=O) groups excluding carboxylic acids is 1. The average Bonchev–Trinajstić information content (AvgIpc) is 2.91. The summed E-state index contributed by atoms with van der Waals surface area (Å²) in [6, 6.07) is 7.90. The first-order chi connectivity index (χ1) is 10.9. The van der Waals surface area contributed by atoms with Gasteiger partial charge in [0.25, 0.3) is 0 Å². The molecule has 0 bridgehead atoms. The lowest BCUT2D eigenvalue weighted by Gasteiger charge is -2.37.